The van der Waals surface area contributed by atoms with E-state index in [1.165, 1.54) is 32.1 Å². The monoisotopic (exact) mass is 126 g/mol. The van der Waals surface area contributed by atoms with Crippen molar-refractivity contribution in [2.24, 2.45) is 5.92 Å². The van der Waals surface area contributed by atoms with Gasteiger partial charge in [0.2, 0.25) is 0 Å². The van der Waals surface area contributed by atoms with Gasteiger partial charge in [-0.15, -0.1) is 12.3 Å². The Morgan fingerprint density at radius 2 is 1.67 bits per heavy atom. The second-order valence-corrected chi connectivity index (χ2v) is 2.50. The molecular formula is C8H14O. The zero-order valence-electron chi connectivity index (χ0n) is 5.69. The first-order valence-corrected chi connectivity index (χ1v) is 3.39. The van der Waals surface area contributed by atoms with E-state index in [0.29, 0.717) is 5.92 Å². The predicted octanol–water partition coefficient (Wildman–Crippen LogP) is 1.38. The molecule has 0 radical (unpaired) electrons. The Kier molecular flexibility index (Phi) is 4.17. The van der Waals surface area contributed by atoms with Gasteiger partial charge in [-0.05, 0) is 12.8 Å². The summed E-state index contributed by atoms with van der Waals surface area (Å²) in [5.74, 6) is 3.42. The molecule has 52 valence electrons. The molecule has 0 unspecified atom stereocenters. The molecule has 1 nitrogen and oxygen atoms in total. The Hall–Kier alpha value is -0.480. The van der Waals surface area contributed by atoms with Crippen molar-refractivity contribution in [3.63, 3.8) is 0 Å². The fourth-order valence-corrected chi connectivity index (χ4v) is 1.27. The summed E-state index contributed by atoms with van der Waals surface area (Å²) >= 11 is 0. The van der Waals surface area contributed by atoms with Crippen molar-refractivity contribution in [1.82, 2.24) is 0 Å². The van der Waals surface area contributed by atoms with Crippen LogP contribution >= 0.6 is 0 Å². The molecule has 1 aliphatic rings. The topological polar surface area (TPSA) is 31.5 Å². The van der Waals surface area contributed by atoms with Crippen LogP contribution in [-0.2, 0) is 0 Å². The van der Waals surface area contributed by atoms with Crippen LogP contribution in [0.2, 0.25) is 0 Å². The van der Waals surface area contributed by atoms with E-state index in [1.807, 2.05) is 0 Å². The fraction of sp³-hybridized carbons (Fsp3) is 0.750. The van der Waals surface area contributed by atoms with Crippen LogP contribution in [0.4, 0.5) is 0 Å². The molecular weight excluding hydrogens is 112 g/mol. The Balaban J connectivity index is 0.000000640. The number of rotatable bonds is 0. The van der Waals surface area contributed by atoms with E-state index in [9.17, 15) is 0 Å². The Bertz CT molecular complexity index is 95.6. The quantitative estimate of drug-likeness (QED) is 0.439. The number of hydrogen-bond acceptors (Lipinski definition) is 0. The van der Waals surface area contributed by atoms with Crippen LogP contribution in [-0.4, -0.2) is 5.48 Å². The molecule has 1 fully saturated rings. The SMILES string of the molecule is C#CC1CCCCC1.O. The Morgan fingerprint density at radius 3 is 2.00 bits per heavy atom. The van der Waals surface area contributed by atoms with Crippen molar-refractivity contribution >= 4 is 0 Å². The van der Waals surface area contributed by atoms with Crippen LogP contribution in [0.1, 0.15) is 32.1 Å². The molecule has 0 aliphatic heterocycles. The Morgan fingerprint density at radius 1 is 1.11 bits per heavy atom. The highest BCUT2D eigenvalue weighted by molar-refractivity contribution is 4.93. The smallest absolute Gasteiger partial charge is 0.0200 e. The van der Waals surface area contributed by atoms with Gasteiger partial charge in [-0.1, -0.05) is 19.3 Å². The van der Waals surface area contributed by atoms with Gasteiger partial charge in [-0.3, -0.25) is 0 Å². The first-order chi connectivity index (χ1) is 3.93. The number of hydrogen-bond donors (Lipinski definition) is 0. The second-order valence-electron chi connectivity index (χ2n) is 2.50. The first-order valence-electron chi connectivity index (χ1n) is 3.39. The van der Waals surface area contributed by atoms with Crippen LogP contribution in [0.5, 0.6) is 0 Å². The van der Waals surface area contributed by atoms with E-state index in [1.54, 1.807) is 0 Å². The minimum absolute atomic E-state index is 0. The molecule has 0 aromatic rings. The zero-order chi connectivity index (χ0) is 5.82. The van der Waals surface area contributed by atoms with Gasteiger partial charge >= 0.3 is 0 Å². The van der Waals surface area contributed by atoms with E-state index in [4.69, 9.17) is 6.42 Å². The standard InChI is InChI=1S/C8H12.H2O/c1-2-8-6-4-3-5-7-8;/h1,8H,3-7H2;1H2. The maximum absolute atomic E-state index is 5.25. The highest BCUT2D eigenvalue weighted by atomic mass is 16.0. The summed E-state index contributed by atoms with van der Waals surface area (Å²) in [6, 6.07) is 0. The lowest BCUT2D eigenvalue weighted by Gasteiger charge is -2.14. The maximum atomic E-state index is 5.25. The fourth-order valence-electron chi connectivity index (χ4n) is 1.27. The van der Waals surface area contributed by atoms with Gasteiger partial charge in [-0.25, -0.2) is 0 Å². The molecule has 0 amide bonds. The molecule has 2 N–H and O–H groups in total. The lowest BCUT2D eigenvalue weighted by Crippen LogP contribution is -2.02. The van der Waals surface area contributed by atoms with E-state index >= 15 is 0 Å². The average molecular weight is 126 g/mol. The van der Waals surface area contributed by atoms with Crippen molar-refractivity contribution in [1.29, 1.82) is 0 Å². The second kappa shape index (κ2) is 4.40. The van der Waals surface area contributed by atoms with Crippen LogP contribution in [0.3, 0.4) is 0 Å². The van der Waals surface area contributed by atoms with E-state index < -0.39 is 0 Å². The molecule has 1 saturated carbocycles. The summed E-state index contributed by atoms with van der Waals surface area (Å²) < 4.78 is 0. The third-order valence-corrected chi connectivity index (χ3v) is 1.84. The molecule has 0 atom stereocenters. The average Bonchev–Trinajstić information content (AvgIpc) is 1.90. The van der Waals surface area contributed by atoms with Crippen molar-refractivity contribution in [2.45, 2.75) is 32.1 Å². The van der Waals surface area contributed by atoms with Crippen molar-refractivity contribution in [2.75, 3.05) is 0 Å². The van der Waals surface area contributed by atoms with E-state index in [-0.39, 0.29) is 5.48 Å². The molecule has 1 aliphatic carbocycles. The summed E-state index contributed by atoms with van der Waals surface area (Å²) in [7, 11) is 0. The summed E-state index contributed by atoms with van der Waals surface area (Å²) in [5, 5.41) is 0. The van der Waals surface area contributed by atoms with Crippen LogP contribution in [0.15, 0.2) is 0 Å². The molecule has 0 bridgehead atoms. The Labute approximate surface area is 56.8 Å². The summed E-state index contributed by atoms with van der Waals surface area (Å²) in [6.45, 7) is 0. The van der Waals surface area contributed by atoms with Gasteiger partial charge in [0.05, 0.1) is 0 Å². The third kappa shape index (κ3) is 2.53. The van der Waals surface area contributed by atoms with Crippen LogP contribution < -0.4 is 0 Å². The van der Waals surface area contributed by atoms with Crippen LogP contribution in [0.25, 0.3) is 0 Å². The van der Waals surface area contributed by atoms with Crippen molar-refractivity contribution < 1.29 is 5.48 Å². The van der Waals surface area contributed by atoms with Gasteiger partial charge in [0.1, 0.15) is 0 Å². The molecule has 0 aromatic heterocycles. The summed E-state index contributed by atoms with van der Waals surface area (Å²) in [5.41, 5.74) is 0. The number of terminal acetylenes is 1. The third-order valence-electron chi connectivity index (χ3n) is 1.84. The van der Waals surface area contributed by atoms with Gasteiger partial charge in [0.25, 0.3) is 0 Å². The normalized spacial score (nSPS) is 19.9. The van der Waals surface area contributed by atoms with Crippen molar-refractivity contribution in [3.05, 3.63) is 0 Å². The van der Waals surface area contributed by atoms with Crippen molar-refractivity contribution in [3.8, 4) is 12.3 Å². The largest absolute Gasteiger partial charge is 0.412 e. The van der Waals surface area contributed by atoms with E-state index in [2.05, 4.69) is 5.92 Å². The minimum atomic E-state index is 0. The molecule has 0 aromatic carbocycles. The lowest BCUT2D eigenvalue weighted by atomic mass is 9.90. The van der Waals surface area contributed by atoms with Gasteiger partial charge in [-0.2, -0.15) is 0 Å². The zero-order valence-corrected chi connectivity index (χ0v) is 5.69. The van der Waals surface area contributed by atoms with Gasteiger partial charge in [0, 0.05) is 5.92 Å². The first kappa shape index (κ1) is 8.52. The van der Waals surface area contributed by atoms with Crippen LogP contribution in [0, 0.1) is 18.3 Å². The lowest BCUT2D eigenvalue weighted by molar-refractivity contribution is 0.430. The minimum Gasteiger partial charge on any atom is -0.412 e. The molecule has 0 saturated heterocycles. The molecule has 0 spiro atoms. The molecule has 1 rings (SSSR count). The highest BCUT2D eigenvalue weighted by Crippen LogP contribution is 2.22. The summed E-state index contributed by atoms with van der Waals surface area (Å²) in [4.78, 5) is 0. The van der Waals surface area contributed by atoms with Gasteiger partial charge in [0.15, 0.2) is 0 Å². The van der Waals surface area contributed by atoms with Gasteiger partial charge < -0.3 is 5.48 Å². The molecule has 1 heteroatoms. The molecule has 0 heterocycles. The van der Waals surface area contributed by atoms with E-state index in [0.717, 1.165) is 0 Å². The summed E-state index contributed by atoms with van der Waals surface area (Å²) in [6.07, 6.45) is 11.9. The molecule has 9 heavy (non-hydrogen) atoms. The highest BCUT2D eigenvalue weighted by Gasteiger charge is 2.08. The predicted molar refractivity (Wildman–Crippen MR) is 39.0 cm³/mol. The maximum Gasteiger partial charge on any atom is 0.0200 e.